The molecule has 1 aromatic carbocycles. The number of ether oxygens (including phenoxy) is 1. The van der Waals surface area contributed by atoms with Crippen molar-refractivity contribution >= 4 is 46.2 Å². The molecular formula is C27H37N5O4S. The maximum Gasteiger partial charge on any atom is 0.259 e. The number of hydrogen-bond acceptors (Lipinski definition) is 7. The van der Waals surface area contributed by atoms with Crippen molar-refractivity contribution in [1.29, 1.82) is 0 Å². The third-order valence-electron chi connectivity index (χ3n) is 6.90. The maximum atomic E-state index is 13.5. The van der Waals surface area contributed by atoms with Crippen LogP contribution in [0.25, 0.3) is 0 Å². The molecule has 0 unspecified atom stereocenters. The van der Waals surface area contributed by atoms with Crippen LogP contribution in [0.2, 0.25) is 0 Å². The van der Waals surface area contributed by atoms with Crippen molar-refractivity contribution < 1.29 is 19.1 Å². The van der Waals surface area contributed by atoms with Crippen molar-refractivity contribution in [3.63, 3.8) is 0 Å². The van der Waals surface area contributed by atoms with Crippen LogP contribution in [0.1, 0.15) is 70.3 Å². The molecule has 1 aromatic rings. The van der Waals surface area contributed by atoms with Crippen molar-refractivity contribution in [2.75, 3.05) is 20.3 Å². The van der Waals surface area contributed by atoms with Crippen molar-refractivity contribution in [3.05, 3.63) is 29.8 Å². The minimum Gasteiger partial charge on any atom is -0.385 e. The Morgan fingerprint density at radius 1 is 1.22 bits per heavy atom. The van der Waals surface area contributed by atoms with E-state index < -0.39 is 11.3 Å². The number of thioether (sulfide) groups is 1. The number of methoxy groups -OCH3 is 1. The van der Waals surface area contributed by atoms with Crippen LogP contribution in [0.5, 0.6) is 0 Å². The Kier molecular flexibility index (Phi) is 9.74. The molecule has 0 aromatic heterocycles. The number of carbonyl (C=O) groups excluding carboxylic acids is 3. The van der Waals surface area contributed by atoms with Crippen LogP contribution in [-0.4, -0.2) is 71.2 Å². The lowest BCUT2D eigenvalue weighted by molar-refractivity contribution is -0.125. The van der Waals surface area contributed by atoms with Gasteiger partial charge >= 0.3 is 0 Å². The van der Waals surface area contributed by atoms with E-state index in [1.54, 1.807) is 7.11 Å². The highest BCUT2D eigenvalue weighted by atomic mass is 32.2. The standard InChI is InChI=1S/C27H37N5O4S/c1-3-22(25(34)28-16-9-17-36-2)37-27-31-20-13-8-7-12-19(20)24-30-21(26(35)32(24)27)14-15-23(33)29-18-10-5-4-6-11-18/h7-8,12-13,18,21-22H,3-6,9-11,14-17H2,1-2H3,(H,28,34)(H,29,33)/t21-,22+/m1/s1. The number of rotatable bonds is 11. The SMILES string of the molecule is CC[C@H](SC1=Nc2ccccc2C2=N[C@H](CCC(=O)NC3CCCCC3)C(=O)N12)C(=O)NCCCOC. The third kappa shape index (κ3) is 6.78. The van der Waals surface area contributed by atoms with E-state index in [9.17, 15) is 14.4 Å². The molecule has 2 atom stereocenters. The molecule has 10 heteroatoms. The van der Waals surface area contributed by atoms with Crippen LogP contribution in [0.4, 0.5) is 5.69 Å². The number of fused-ring (bicyclic) bond motifs is 3. The van der Waals surface area contributed by atoms with E-state index in [1.807, 2.05) is 31.2 Å². The van der Waals surface area contributed by atoms with Gasteiger partial charge in [-0.1, -0.05) is 50.1 Å². The fraction of sp³-hybridized carbons (Fsp3) is 0.593. The molecule has 3 aliphatic rings. The van der Waals surface area contributed by atoms with E-state index in [-0.39, 0.29) is 30.2 Å². The lowest BCUT2D eigenvalue weighted by Crippen LogP contribution is -2.43. The molecule has 1 fully saturated rings. The van der Waals surface area contributed by atoms with Gasteiger partial charge in [0.2, 0.25) is 11.8 Å². The average Bonchev–Trinajstić information content (AvgIpc) is 3.25. The molecule has 200 valence electrons. The van der Waals surface area contributed by atoms with Crippen LogP contribution in [0.3, 0.4) is 0 Å². The monoisotopic (exact) mass is 527 g/mol. The minimum atomic E-state index is -0.646. The second-order valence-electron chi connectivity index (χ2n) is 9.65. The number of amides is 3. The van der Waals surface area contributed by atoms with Crippen LogP contribution < -0.4 is 10.6 Å². The first-order valence-electron chi connectivity index (χ1n) is 13.3. The Morgan fingerprint density at radius 2 is 2.00 bits per heavy atom. The Balaban J connectivity index is 1.45. The number of amidine groups is 2. The molecule has 2 N–H and O–H groups in total. The molecule has 1 aliphatic carbocycles. The van der Waals surface area contributed by atoms with E-state index in [0.717, 1.165) is 43.4 Å². The van der Waals surface area contributed by atoms with Crippen LogP contribution in [0.15, 0.2) is 34.3 Å². The zero-order valence-electron chi connectivity index (χ0n) is 21.7. The number of nitrogens with one attached hydrogen (secondary N) is 2. The summed E-state index contributed by atoms with van der Waals surface area (Å²) in [4.78, 5) is 50.0. The van der Waals surface area contributed by atoms with E-state index in [1.165, 1.54) is 23.1 Å². The molecule has 37 heavy (non-hydrogen) atoms. The Hall–Kier alpha value is -2.72. The zero-order valence-corrected chi connectivity index (χ0v) is 22.5. The van der Waals surface area contributed by atoms with Gasteiger partial charge in [0.05, 0.1) is 10.9 Å². The highest BCUT2D eigenvalue weighted by Crippen LogP contribution is 2.35. The van der Waals surface area contributed by atoms with Crippen molar-refractivity contribution in [3.8, 4) is 0 Å². The fourth-order valence-corrected chi connectivity index (χ4v) is 5.92. The summed E-state index contributed by atoms with van der Waals surface area (Å²) < 4.78 is 5.05. The molecule has 0 bridgehead atoms. The van der Waals surface area contributed by atoms with Gasteiger partial charge in [-0.25, -0.2) is 9.89 Å². The van der Waals surface area contributed by atoms with Gasteiger partial charge < -0.3 is 15.4 Å². The second-order valence-corrected chi connectivity index (χ2v) is 10.8. The molecule has 2 aliphatic heterocycles. The minimum absolute atomic E-state index is 0.0235. The van der Waals surface area contributed by atoms with Gasteiger partial charge in [-0.15, -0.1) is 0 Å². The number of hydrogen-bond donors (Lipinski definition) is 2. The summed E-state index contributed by atoms with van der Waals surface area (Å²) in [6.45, 7) is 3.05. The normalized spacial score (nSPS) is 20.0. The lowest BCUT2D eigenvalue weighted by atomic mass is 9.95. The van der Waals surface area contributed by atoms with E-state index >= 15 is 0 Å². The molecular weight excluding hydrogens is 490 g/mol. The predicted octanol–water partition coefficient (Wildman–Crippen LogP) is 3.54. The highest BCUT2D eigenvalue weighted by Gasteiger charge is 2.42. The van der Waals surface area contributed by atoms with Gasteiger partial charge in [-0.05, 0) is 44.2 Å². The smallest absolute Gasteiger partial charge is 0.259 e. The molecule has 2 heterocycles. The summed E-state index contributed by atoms with van der Waals surface area (Å²) in [6, 6.07) is 7.17. The first-order chi connectivity index (χ1) is 18.0. The first kappa shape index (κ1) is 27.3. The van der Waals surface area contributed by atoms with Gasteiger partial charge in [0.1, 0.15) is 11.9 Å². The summed E-state index contributed by atoms with van der Waals surface area (Å²) in [7, 11) is 1.63. The number of carbonyl (C=O) groups is 3. The van der Waals surface area contributed by atoms with Crippen molar-refractivity contribution in [2.45, 2.75) is 82.0 Å². The number of benzene rings is 1. The Labute approximate surface area is 222 Å². The van der Waals surface area contributed by atoms with Crippen molar-refractivity contribution in [2.24, 2.45) is 9.98 Å². The summed E-state index contributed by atoms with van der Waals surface area (Å²) in [5.74, 6) is 0.235. The van der Waals surface area contributed by atoms with Crippen LogP contribution >= 0.6 is 11.8 Å². The fourth-order valence-electron chi connectivity index (χ4n) is 4.88. The Morgan fingerprint density at radius 3 is 2.76 bits per heavy atom. The van der Waals surface area contributed by atoms with Gasteiger partial charge in [-0.2, -0.15) is 0 Å². The lowest BCUT2D eigenvalue weighted by Gasteiger charge is -2.27. The second kappa shape index (κ2) is 13.2. The summed E-state index contributed by atoms with van der Waals surface area (Å²) >= 11 is 1.28. The van der Waals surface area contributed by atoms with Crippen LogP contribution in [-0.2, 0) is 19.1 Å². The van der Waals surface area contributed by atoms with Crippen molar-refractivity contribution in [1.82, 2.24) is 15.5 Å². The van der Waals surface area contributed by atoms with Crippen LogP contribution in [0, 0.1) is 0 Å². The van der Waals surface area contributed by atoms with Gasteiger partial charge in [0.15, 0.2) is 5.17 Å². The van der Waals surface area contributed by atoms with E-state index in [2.05, 4.69) is 10.6 Å². The largest absolute Gasteiger partial charge is 0.385 e. The number of para-hydroxylation sites is 1. The molecule has 3 amide bonds. The summed E-state index contributed by atoms with van der Waals surface area (Å²) in [5.41, 5.74) is 1.50. The zero-order chi connectivity index (χ0) is 26.2. The maximum absolute atomic E-state index is 13.5. The molecule has 0 spiro atoms. The third-order valence-corrected chi connectivity index (χ3v) is 8.21. The molecule has 4 rings (SSSR count). The van der Waals surface area contributed by atoms with Gasteiger partial charge in [0.25, 0.3) is 5.91 Å². The van der Waals surface area contributed by atoms with E-state index in [0.29, 0.717) is 37.0 Å². The van der Waals surface area contributed by atoms with Gasteiger partial charge in [0, 0.05) is 38.3 Å². The highest BCUT2D eigenvalue weighted by molar-refractivity contribution is 8.15. The summed E-state index contributed by atoms with van der Waals surface area (Å²) in [6.07, 6.45) is 7.49. The average molecular weight is 528 g/mol. The first-order valence-corrected chi connectivity index (χ1v) is 14.2. The molecule has 0 radical (unpaired) electrons. The Bertz CT molecular complexity index is 1050. The molecule has 1 saturated carbocycles. The quantitative estimate of drug-likeness (QED) is 0.428. The topological polar surface area (TPSA) is 112 Å². The number of aliphatic imine (C=N–C) groups is 2. The number of nitrogens with zero attached hydrogens (tertiary/aromatic N) is 3. The molecule has 0 saturated heterocycles. The van der Waals surface area contributed by atoms with Gasteiger partial charge in [-0.3, -0.25) is 19.4 Å². The predicted molar refractivity (Wildman–Crippen MR) is 146 cm³/mol. The summed E-state index contributed by atoms with van der Waals surface area (Å²) in [5, 5.41) is 6.13. The van der Waals surface area contributed by atoms with E-state index in [4.69, 9.17) is 14.7 Å². The molecule has 9 nitrogen and oxygen atoms in total.